The van der Waals surface area contributed by atoms with Crippen molar-refractivity contribution in [2.24, 2.45) is 0 Å². The Bertz CT molecular complexity index is 15.5. The summed E-state index contributed by atoms with van der Waals surface area (Å²) in [5.74, 6) is 0. The van der Waals surface area contributed by atoms with E-state index >= 15 is 0 Å². The molecule has 0 atom stereocenters. The molecule has 0 aromatic heterocycles. The molecule has 0 bridgehead atoms. The van der Waals surface area contributed by atoms with E-state index in [1.54, 1.807) is 0 Å². The van der Waals surface area contributed by atoms with E-state index in [1.165, 1.54) is 0 Å². The molecule has 0 spiro atoms. The van der Waals surface area contributed by atoms with Crippen LogP contribution in [-0.4, -0.2) is 52.4 Å². The summed E-state index contributed by atoms with van der Waals surface area (Å²) in [6.07, 6.45) is 0. The van der Waals surface area contributed by atoms with Crippen molar-refractivity contribution < 1.29 is 34.2 Å². The average Bonchev–Trinajstić information content (AvgIpc) is 0.811. The predicted octanol–water partition coefficient (Wildman–Crippen LogP) is -1.73. The zero-order chi connectivity index (χ0) is 3.58. The minimum atomic E-state index is -2.62. The second-order valence-electron chi connectivity index (χ2n) is 0.268. The zero-order valence-corrected chi connectivity index (χ0v) is 6.36. The van der Waals surface area contributed by atoms with E-state index in [1.807, 2.05) is 0 Å². The first kappa shape index (κ1) is 15.7. The Morgan fingerprint density at radius 2 is 1.00 bits per heavy atom. The van der Waals surface area contributed by atoms with Gasteiger partial charge in [0.15, 0.2) is 0 Å². The normalized spacial score (nSPS) is 6.00. The Hall–Kier alpha value is 2.19. The van der Waals surface area contributed by atoms with Crippen LogP contribution in [0.3, 0.4) is 0 Å². The third-order valence-corrected chi connectivity index (χ3v) is 0. The third kappa shape index (κ3) is 34.7. The van der Waals surface area contributed by atoms with Crippen LogP contribution >= 0.6 is 8.60 Å². The van der Waals surface area contributed by atoms with Gasteiger partial charge in [-0.1, -0.05) is 0 Å². The van der Waals surface area contributed by atoms with Crippen molar-refractivity contribution in [1.29, 1.82) is 0 Å². The summed E-state index contributed by atoms with van der Waals surface area (Å²) < 4.78 is 0. The largest absolute Gasteiger partial charge is 0 e. The van der Waals surface area contributed by atoms with Gasteiger partial charge in [0.2, 0.25) is 0 Å². The maximum Gasteiger partial charge on any atom is 0 e. The molecule has 0 aliphatic rings. The Morgan fingerprint density at radius 3 is 1.00 bits per heavy atom. The van der Waals surface area contributed by atoms with Crippen LogP contribution in [0.25, 0.3) is 0 Å². The van der Waals surface area contributed by atoms with Crippen LogP contribution in [-0.2, 0) is 19.5 Å². The van der Waals surface area contributed by atoms with Crippen LogP contribution in [0.4, 0.5) is 0 Å². The molecule has 0 aromatic rings. The van der Waals surface area contributed by atoms with E-state index in [-0.39, 0.29) is 57.2 Å². The minimum absolute atomic E-state index is 0. The molecule has 0 unspecified atom stereocenters. The van der Waals surface area contributed by atoms with Crippen molar-refractivity contribution in [1.82, 2.24) is 0 Å². The maximum atomic E-state index is 7.23. The van der Waals surface area contributed by atoms with Crippen molar-refractivity contribution in [3.8, 4) is 0 Å². The van der Waals surface area contributed by atoms with Gasteiger partial charge in [-0.25, -0.2) is 0 Å². The molecule has 3 N–H and O–H groups in total. The van der Waals surface area contributed by atoms with Gasteiger partial charge in [0.05, 0.1) is 0 Å². The molecule has 6 heteroatoms. The molecular formula is H5CaO3PZn. The average molecular weight is 189 g/mol. The van der Waals surface area contributed by atoms with Crippen LogP contribution in [0, 0.1) is 0 Å². The zero-order valence-electron chi connectivity index (χ0n) is 2.50. The third-order valence-electron chi connectivity index (χ3n) is 0. The summed E-state index contributed by atoms with van der Waals surface area (Å²) in [5.41, 5.74) is 0. The van der Waals surface area contributed by atoms with Gasteiger partial charge in [-0.2, -0.15) is 0 Å². The fourth-order valence-corrected chi connectivity index (χ4v) is 0. The summed E-state index contributed by atoms with van der Waals surface area (Å²) in [4.78, 5) is 21.7. The second kappa shape index (κ2) is 10.2. The van der Waals surface area contributed by atoms with E-state index in [0.717, 1.165) is 0 Å². The van der Waals surface area contributed by atoms with Crippen molar-refractivity contribution in [3.05, 3.63) is 0 Å². The topological polar surface area (TPSA) is 60.7 Å². The molecule has 6 heavy (non-hydrogen) atoms. The molecular weight excluding hydrogens is 184 g/mol. The van der Waals surface area contributed by atoms with Gasteiger partial charge in [-0.05, 0) is 0 Å². The van der Waals surface area contributed by atoms with Gasteiger partial charge in [0.25, 0.3) is 0 Å². The molecule has 0 fully saturated rings. The van der Waals surface area contributed by atoms with Crippen LogP contribution in [0.2, 0.25) is 0 Å². The van der Waals surface area contributed by atoms with E-state index < -0.39 is 8.60 Å². The molecule has 0 aliphatic carbocycles. The molecule has 0 saturated heterocycles. The smallest absolute Gasteiger partial charge is 0 e. The SMILES string of the molecule is OP(O)O.[CaH2].[Zn]. The van der Waals surface area contributed by atoms with Gasteiger partial charge in [0.1, 0.15) is 0 Å². The van der Waals surface area contributed by atoms with Gasteiger partial charge in [-0.3, -0.25) is 0 Å². The molecule has 0 rings (SSSR count). The molecule has 0 amide bonds. The van der Waals surface area contributed by atoms with Gasteiger partial charge < -0.3 is 14.7 Å². The summed E-state index contributed by atoms with van der Waals surface area (Å²) in [6.45, 7) is 0. The second-order valence-corrected chi connectivity index (χ2v) is 0.805. The molecule has 0 heterocycles. The van der Waals surface area contributed by atoms with Crippen LogP contribution < -0.4 is 0 Å². The number of rotatable bonds is 0. The van der Waals surface area contributed by atoms with Crippen LogP contribution in [0.5, 0.6) is 0 Å². The first-order valence-corrected chi connectivity index (χ1v) is 1.80. The molecule has 3 nitrogen and oxygen atoms in total. The first-order valence-electron chi connectivity index (χ1n) is 0.600. The quantitative estimate of drug-likeness (QED) is 0.314. The van der Waals surface area contributed by atoms with E-state index in [4.69, 9.17) is 14.7 Å². The Morgan fingerprint density at radius 1 is 1.00 bits per heavy atom. The molecule has 0 aromatic carbocycles. The molecule has 0 radical (unpaired) electrons. The maximum absolute atomic E-state index is 7.23. The molecule has 0 saturated carbocycles. The summed E-state index contributed by atoms with van der Waals surface area (Å²) in [5, 5.41) is 0. The van der Waals surface area contributed by atoms with Gasteiger partial charge in [0, 0.05) is 19.5 Å². The van der Waals surface area contributed by atoms with Gasteiger partial charge in [-0.15, -0.1) is 0 Å². The Kier molecular flexibility index (Phi) is 26.8. The fraction of sp³-hybridized carbons (Fsp3) is 0. The van der Waals surface area contributed by atoms with Crippen molar-refractivity contribution in [3.63, 3.8) is 0 Å². The number of hydrogen-bond acceptors (Lipinski definition) is 3. The summed E-state index contributed by atoms with van der Waals surface area (Å²) in [6, 6.07) is 0. The van der Waals surface area contributed by atoms with Crippen molar-refractivity contribution >= 4 is 46.3 Å². The van der Waals surface area contributed by atoms with E-state index in [9.17, 15) is 0 Å². The van der Waals surface area contributed by atoms with E-state index in [0.29, 0.717) is 0 Å². The Balaban J connectivity index is -0.0000000450. The van der Waals surface area contributed by atoms with Crippen molar-refractivity contribution in [2.45, 2.75) is 0 Å². The first-order chi connectivity index (χ1) is 1.73. The Labute approximate surface area is 79.5 Å². The monoisotopic (exact) mass is 188 g/mol. The standard InChI is InChI=1S/Ca.H3O3P.Zn.2H/c;1-4(2)3;;;/h;1-3H;;;. The minimum Gasteiger partial charge on any atom is 0 e. The van der Waals surface area contributed by atoms with Gasteiger partial charge >= 0.3 is 46.3 Å². The van der Waals surface area contributed by atoms with Crippen LogP contribution in [0.1, 0.15) is 0 Å². The predicted molar refractivity (Wildman–Crippen MR) is 22.1 cm³/mol. The summed E-state index contributed by atoms with van der Waals surface area (Å²) in [7, 11) is -2.62. The van der Waals surface area contributed by atoms with Crippen LogP contribution in [0.15, 0.2) is 0 Å². The molecule has 32 valence electrons. The van der Waals surface area contributed by atoms with E-state index in [2.05, 4.69) is 0 Å². The van der Waals surface area contributed by atoms with Crippen molar-refractivity contribution in [2.75, 3.05) is 0 Å². The number of hydrogen-bond donors (Lipinski definition) is 3. The fourth-order valence-electron chi connectivity index (χ4n) is 0. The summed E-state index contributed by atoms with van der Waals surface area (Å²) >= 11 is 0. The molecule has 0 aliphatic heterocycles.